The van der Waals surface area contributed by atoms with Gasteiger partial charge in [-0.25, -0.2) is 28.3 Å². The quantitative estimate of drug-likeness (QED) is 0.0246. The third-order valence-electron chi connectivity index (χ3n) is 12.5. The predicted octanol–water partition coefficient (Wildman–Crippen LogP) is 7.52. The highest BCUT2D eigenvalue weighted by molar-refractivity contribution is 6.29. The maximum atomic E-state index is 14.0. The van der Waals surface area contributed by atoms with Crippen LogP contribution >= 0.6 is 0 Å². The molecule has 16 heteroatoms. The number of halogens is 2. The van der Waals surface area contributed by atoms with E-state index in [9.17, 15) is 18.4 Å². The summed E-state index contributed by atoms with van der Waals surface area (Å²) in [5.74, 6) is 10.8. The number of likely N-dealkylation sites (tertiary alicyclic amines) is 2. The number of esters is 2. The number of benzene rings is 4. The van der Waals surface area contributed by atoms with Crippen molar-refractivity contribution in [3.8, 4) is 23.7 Å². The van der Waals surface area contributed by atoms with E-state index in [-0.39, 0.29) is 36.7 Å². The standard InChI is InChI=1S/C54H60F2N8O6/c1-63-27-23-41(24-28-63)67-49(51-59-43-21-19-39(55)33-45(43)61-51)37-15-9-13-35(31-37)11-5-3-7-17-47(57)69-53(65)54(66)70-48(58)18-8-4-6-12-36-14-10-16-38(32-36)50(68-42-25-29-64(2)30-26-42)52-60-44-22-20-40(56)34-46(44)62-52/h9-10,13-16,19-22,31-34,41-42,47-50H,3-4,7-8,17-18,23-30,57-58H2,1-2H3,(H,59,61)(H,60,62). The molecule has 8 rings (SSSR count). The Bertz CT molecular complexity index is 2670. The van der Waals surface area contributed by atoms with E-state index in [2.05, 4.69) is 57.5 Å². The molecule has 0 aliphatic carbocycles. The summed E-state index contributed by atoms with van der Waals surface area (Å²) in [6.45, 7) is 3.73. The minimum Gasteiger partial charge on any atom is -0.438 e. The maximum Gasteiger partial charge on any atom is 0.419 e. The number of carbonyl (C=O) groups excluding carboxylic acids is 2. The molecule has 2 saturated heterocycles. The molecule has 4 atom stereocenters. The molecule has 0 spiro atoms. The third-order valence-corrected chi connectivity index (χ3v) is 12.5. The van der Waals surface area contributed by atoms with Crippen LogP contribution in [-0.4, -0.2) is 107 Å². The monoisotopic (exact) mass is 954 g/mol. The summed E-state index contributed by atoms with van der Waals surface area (Å²) >= 11 is 0. The minimum absolute atomic E-state index is 0.0357. The number of hydrogen-bond acceptors (Lipinski definition) is 12. The first kappa shape index (κ1) is 49.9. The number of nitrogens with zero attached hydrogens (tertiary/aromatic N) is 4. The van der Waals surface area contributed by atoms with Crippen molar-refractivity contribution >= 4 is 34.0 Å². The molecule has 2 aromatic heterocycles. The Hall–Kier alpha value is -6.50. The molecule has 0 radical (unpaired) electrons. The Morgan fingerprint density at radius 1 is 0.643 bits per heavy atom. The number of carbonyl (C=O) groups is 2. The van der Waals surface area contributed by atoms with Crippen molar-refractivity contribution in [2.75, 3.05) is 40.3 Å². The topological polar surface area (TPSA) is 187 Å². The van der Waals surface area contributed by atoms with E-state index < -0.39 is 36.6 Å². The van der Waals surface area contributed by atoms with Gasteiger partial charge in [0, 0.05) is 62.3 Å². The smallest absolute Gasteiger partial charge is 0.419 e. The van der Waals surface area contributed by atoms with E-state index in [1.165, 1.54) is 24.3 Å². The van der Waals surface area contributed by atoms with Gasteiger partial charge in [0.1, 0.15) is 35.5 Å². The van der Waals surface area contributed by atoms with Gasteiger partial charge in [0.25, 0.3) is 0 Å². The number of piperidine rings is 2. The fourth-order valence-electron chi connectivity index (χ4n) is 8.63. The van der Waals surface area contributed by atoms with Gasteiger partial charge in [-0.05, 0) is 125 Å². The molecular formula is C54H60F2N8O6. The van der Waals surface area contributed by atoms with Crippen LogP contribution in [0.15, 0.2) is 84.9 Å². The lowest BCUT2D eigenvalue weighted by molar-refractivity contribution is -0.174. The van der Waals surface area contributed by atoms with Crippen LogP contribution < -0.4 is 11.5 Å². The molecule has 2 aliphatic heterocycles. The molecule has 366 valence electrons. The number of imidazole rings is 2. The average molecular weight is 955 g/mol. The molecule has 0 bridgehead atoms. The minimum atomic E-state index is -1.22. The molecule has 70 heavy (non-hydrogen) atoms. The largest absolute Gasteiger partial charge is 0.438 e. The molecular weight excluding hydrogens is 895 g/mol. The Morgan fingerprint density at radius 2 is 1.06 bits per heavy atom. The molecule has 4 aromatic carbocycles. The summed E-state index contributed by atoms with van der Waals surface area (Å²) in [5, 5.41) is 0. The number of nitrogens with two attached hydrogens (primary N) is 2. The number of nitrogens with one attached hydrogen (secondary N) is 2. The van der Waals surface area contributed by atoms with E-state index in [0.717, 1.165) is 85.1 Å². The highest BCUT2D eigenvalue weighted by Gasteiger charge is 2.28. The van der Waals surface area contributed by atoms with Gasteiger partial charge in [-0.3, -0.25) is 11.5 Å². The Labute approximate surface area is 406 Å². The van der Waals surface area contributed by atoms with Gasteiger partial charge in [-0.2, -0.15) is 0 Å². The lowest BCUT2D eigenvalue weighted by Crippen LogP contribution is -2.35. The van der Waals surface area contributed by atoms with Crippen molar-refractivity contribution in [3.05, 3.63) is 130 Å². The van der Waals surface area contributed by atoms with E-state index in [4.69, 9.17) is 40.4 Å². The number of unbranched alkanes of at least 4 members (excludes halogenated alkanes) is 2. The van der Waals surface area contributed by atoms with Crippen LogP contribution in [0.25, 0.3) is 22.1 Å². The van der Waals surface area contributed by atoms with Crippen LogP contribution in [0.1, 0.15) is 110 Å². The zero-order valence-electron chi connectivity index (χ0n) is 39.6. The number of H-pyrrole nitrogens is 2. The lowest BCUT2D eigenvalue weighted by atomic mass is 10.0. The van der Waals surface area contributed by atoms with E-state index in [1.54, 1.807) is 12.1 Å². The Morgan fingerprint density at radius 3 is 1.47 bits per heavy atom. The van der Waals surface area contributed by atoms with Gasteiger partial charge >= 0.3 is 11.9 Å². The van der Waals surface area contributed by atoms with Crippen LogP contribution in [0.2, 0.25) is 0 Å². The van der Waals surface area contributed by atoms with E-state index in [0.29, 0.717) is 48.4 Å². The zero-order chi connectivity index (χ0) is 49.0. The molecule has 0 saturated carbocycles. The number of rotatable bonds is 16. The highest BCUT2D eigenvalue weighted by atomic mass is 19.1. The van der Waals surface area contributed by atoms with Crippen LogP contribution in [0.5, 0.6) is 0 Å². The summed E-state index contributed by atoms with van der Waals surface area (Å²) in [5.41, 5.74) is 17.9. The molecule has 4 heterocycles. The SMILES string of the molecule is CN1CCC(OC(c2cccc(C#CCCCC(N)OC(=O)C(=O)OC(N)CCCC#Cc3cccc(C(OC4CCN(C)CC4)c4nc5cc(F)ccc5[nH]4)c3)c2)c2nc3cc(F)ccc3[nH]2)CC1. The summed E-state index contributed by atoms with van der Waals surface area (Å²) < 4.78 is 51.6. The van der Waals surface area contributed by atoms with E-state index >= 15 is 0 Å². The number of aromatic nitrogens is 4. The Balaban J connectivity index is 0.771. The molecule has 4 unspecified atom stereocenters. The van der Waals surface area contributed by atoms with Crippen molar-refractivity contribution in [2.24, 2.45) is 11.5 Å². The van der Waals surface area contributed by atoms with Gasteiger partial charge in [-0.15, -0.1) is 0 Å². The highest BCUT2D eigenvalue weighted by Crippen LogP contribution is 2.32. The van der Waals surface area contributed by atoms with Crippen LogP contribution in [0.4, 0.5) is 8.78 Å². The Kier molecular flexibility index (Phi) is 17.0. The van der Waals surface area contributed by atoms with Crippen LogP contribution in [-0.2, 0) is 28.5 Å². The molecule has 0 amide bonds. The molecule has 2 aliphatic rings. The first-order valence-electron chi connectivity index (χ1n) is 24.0. The fourth-order valence-corrected chi connectivity index (χ4v) is 8.63. The zero-order valence-corrected chi connectivity index (χ0v) is 39.6. The molecule has 6 aromatic rings. The van der Waals surface area contributed by atoms with Crippen LogP contribution in [0, 0.1) is 35.3 Å². The van der Waals surface area contributed by atoms with Crippen LogP contribution in [0.3, 0.4) is 0 Å². The molecule has 6 N–H and O–H groups in total. The van der Waals surface area contributed by atoms with Gasteiger partial charge in [0.15, 0.2) is 12.5 Å². The summed E-state index contributed by atoms with van der Waals surface area (Å²) in [6, 6.07) is 24.5. The van der Waals surface area contributed by atoms with Crippen molar-refractivity contribution in [3.63, 3.8) is 0 Å². The second kappa shape index (κ2) is 23.9. The van der Waals surface area contributed by atoms with Crippen molar-refractivity contribution in [1.29, 1.82) is 0 Å². The molecule has 14 nitrogen and oxygen atoms in total. The average Bonchev–Trinajstić information content (AvgIpc) is 3.97. The maximum absolute atomic E-state index is 14.0. The first-order valence-corrected chi connectivity index (χ1v) is 24.0. The fraction of sp³-hybridized carbons (Fsp3) is 0.407. The van der Waals surface area contributed by atoms with Gasteiger partial charge in [-0.1, -0.05) is 47.9 Å². The van der Waals surface area contributed by atoms with Crippen molar-refractivity contribution in [1.82, 2.24) is 29.7 Å². The third kappa shape index (κ3) is 13.8. The van der Waals surface area contributed by atoms with Gasteiger partial charge in [0.05, 0.1) is 34.3 Å². The number of fused-ring (bicyclic) bond motifs is 2. The second-order valence-corrected chi connectivity index (χ2v) is 18.1. The van der Waals surface area contributed by atoms with Gasteiger partial charge in [0.2, 0.25) is 0 Å². The normalized spacial score (nSPS) is 16.7. The summed E-state index contributed by atoms with van der Waals surface area (Å²) in [7, 11) is 4.20. The van der Waals surface area contributed by atoms with Gasteiger partial charge < -0.3 is 38.7 Å². The predicted molar refractivity (Wildman–Crippen MR) is 261 cm³/mol. The van der Waals surface area contributed by atoms with Crippen molar-refractivity contribution < 1.29 is 37.3 Å². The number of hydrogen-bond donors (Lipinski definition) is 4. The number of aromatic amines is 2. The van der Waals surface area contributed by atoms with E-state index in [1.807, 2.05) is 48.5 Å². The summed E-state index contributed by atoms with van der Waals surface area (Å²) in [4.78, 5) is 45.6. The first-order chi connectivity index (χ1) is 33.9. The number of ether oxygens (including phenoxy) is 4. The molecule has 2 fully saturated rings. The lowest BCUT2D eigenvalue weighted by Gasteiger charge is -2.31. The second-order valence-electron chi connectivity index (χ2n) is 18.1. The van der Waals surface area contributed by atoms with Crippen molar-refractivity contribution in [2.45, 2.75) is 101 Å². The summed E-state index contributed by atoms with van der Waals surface area (Å²) in [6.07, 6.45) is 3.03.